The van der Waals surface area contributed by atoms with Crippen LogP contribution in [-0.2, 0) is 6.54 Å². The van der Waals surface area contributed by atoms with E-state index in [1.807, 2.05) is 18.3 Å². The first-order valence-corrected chi connectivity index (χ1v) is 10.8. The number of pyridine rings is 2. The Hall–Kier alpha value is -2.15. The summed E-state index contributed by atoms with van der Waals surface area (Å²) in [5.41, 5.74) is 3.17. The van der Waals surface area contributed by atoms with Crippen LogP contribution < -0.4 is 4.90 Å². The van der Waals surface area contributed by atoms with E-state index in [4.69, 9.17) is 16.6 Å². The predicted molar refractivity (Wildman–Crippen MR) is 117 cm³/mol. The van der Waals surface area contributed by atoms with E-state index in [0.717, 1.165) is 74.2 Å². The number of likely N-dealkylation sites (tertiary alicyclic amines) is 1. The fourth-order valence-corrected chi connectivity index (χ4v) is 4.90. The van der Waals surface area contributed by atoms with Crippen LogP contribution in [0.25, 0.3) is 5.65 Å². The summed E-state index contributed by atoms with van der Waals surface area (Å²) in [5.74, 6) is 1.24. The summed E-state index contributed by atoms with van der Waals surface area (Å²) < 4.78 is 2.25. The van der Waals surface area contributed by atoms with E-state index >= 15 is 0 Å². The van der Waals surface area contributed by atoms with Crippen molar-refractivity contribution in [1.29, 1.82) is 0 Å². The van der Waals surface area contributed by atoms with E-state index in [-0.39, 0.29) is 6.04 Å². The second kappa shape index (κ2) is 7.94. The van der Waals surface area contributed by atoms with Crippen molar-refractivity contribution in [2.24, 2.45) is 0 Å². The van der Waals surface area contributed by atoms with Crippen molar-refractivity contribution in [2.45, 2.75) is 25.4 Å². The zero-order chi connectivity index (χ0) is 19.8. The molecule has 2 saturated heterocycles. The van der Waals surface area contributed by atoms with Gasteiger partial charge in [-0.3, -0.25) is 14.3 Å². The molecule has 3 aromatic heterocycles. The molecule has 2 aliphatic heterocycles. The molecule has 3 aromatic rings. The van der Waals surface area contributed by atoms with Gasteiger partial charge in [0.05, 0.1) is 22.5 Å². The maximum Gasteiger partial charge on any atom is 0.138 e. The molecule has 2 fully saturated rings. The molecule has 7 heteroatoms. The second-order valence-electron chi connectivity index (χ2n) is 8.10. The maximum atomic E-state index is 6.48. The number of anilines is 1. The highest BCUT2D eigenvalue weighted by molar-refractivity contribution is 6.31. The Kier molecular flexibility index (Phi) is 5.16. The lowest BCUT2D eigenvalue weighted by molar-refractivity contribution is 0.241. The number of piperazine rings is 1. The molecule has 0 bridgehead atoms. The van der Waals surface area contributed by atoms with Gasteiger partial charge in [-0.2, -0.15) is 0 Å². The lowest BCUT2D eigenvalue weighted by atomic mass is 10.1. The number of hydrogen-bond acceptors (Lipinski definition) is 5. The molecule has 5 heterocycles. The summed E-state index contributed by atoms with van der Waals surface area (Å²) in [4.78, 5) is 17.0. The standard InChI is InChI=1S/C22H27ClN6/c1-26-12-14-27(15-13-26)22-18(25-20-8-2-3-11-29(20)22)16-28-10-5-7-19(28)21-17(23)6-4-9-24-21/h2-4,6,8-9,11,19H,5,7,10,12-16H2,1H3. The van der Waals surface area contributed by atoms with Crippen molar-refractivity contribution in [2.75, 3.05) is 44.7 Å². The highest BCUT2D eigenvalue weighted by atomic mass is 35.5. The van der Waals surface area contributed by atoms with Crippen LogP contribution in [0.3, 0.4) is 0 Å². The van der Waals surface area contributed by atoms with Gasteiger partial charge in [0.15, 0.2) is 0 Å². The van der Waals surface area contributed by atoms with Crippen LogP contribution in [0.1, 0.15) is 30.3 Å². The molecule has 0 radical (unpaired) electrons. The fraction of sp³-hybridized carbons (Fsp3) is 0.455. The third kappa shape index (κ3) is 3.61. The van der Waals surface area contributed by atoms with E-state index in [1.54, 1.807) is 0 Å². The third-order valence-corrected chi connectivity index (χ3v) is 6.52. The molecule has 1 unspecified atom stereocenters. The number of imidazole rings is 1. The summed E-state index contributed by atoms with van der Waals surface area (Å²) in [6.45, 7) is 6.09. The molecule has 0 aliphatic carbocycles. The average Bonchev–Trinajstić information content (AvgIpc) is 3.33. The number of nitrogens with zero attached hydrogens (tertiary/aromatic N) is 6. The summed E-state index contributed by atoms with van der Waals surface area (Å²) in [5, 5.41) is 0.763. The van der Waals surface area contributed by atoms with Gasteiger partial charge in [-0.15, -0.1) is 0 Å². The summed E-state index contributed by atoms with van der Waals surface area (Å²) in [6, 6.07) is 10.4. The molecule has 0 N–H and O–H groups in total. The number of halogens is 1. The quantitative estimate of drug-likeness (QED) is 0.658. The van der Waals surface area contributed by atoms with Gasteiger partial charge in [0.2, 0.25) is 0 Å². The van der Waals surface area contributed by atoms with Crippen molar-refractivity contribution < 1.29 is 0 Å². The van der Waals surface area contributed by atoms with Crippen LogP contribution >= 0.6 is 11.6 Å². The van der Waals surface area contributed by atoms with Gasteiger partial charge in [0.25, 0.3) is 0 Å². The minimum atomic E-state index is 0.258. The first-order chi connectivity index (χ1) is 14.2. The van der Waals surface area contributed by atoms with Gasteiger partial charge in [0.1, 0.15) is 11.5 Å². The zero-order valence-electron chi connectivity index (χ0n) is 16.8. The van der Waals surface area contributed by atoms with E-state index in [0.29, 0.717) is 0 Å². The van der Waals surface area contributed by atoms with Crippen molar-refractivity contribution >= 4 is 23.1 Å². The first kappa shape index (κ1) is 18.9. The molecule has 6 nitrogen and oxygen atoms in total. The summed E-state index contributed by atoms with van der Waals surface area (Å²) >= 11 is 6.48. The molecule has 2 aliphatic rings. The van der Waals surface area contributed by atoms with E-state index < -0.39 is 0 Å². The maximum absolute atomic E-state index is 6.48. The Bertz CT molecular complexity index is 994. The van der Waals surface area contributed by atoms with Gasteiger partial charge in [0, 0.05) is 45.1 Å². The predicted octanol–water partition coefficient (Wildman–Crippen LogP) is 3.47. The molecule has 1 atom stereocenters. The molecular formula is C22H27ClN6. The molecule has 0 saturated carbocycles. The Morgan fingerprint density at radius 2 is 1.93 bits per heavy atom. The third-order valence-electron chi connectivity index (χ3n) is 6.20. The first-order valence-electron chi connectivity index (χ1n) is 10.4. The largest absolute Gasteiger partial charge is 0.354 e. The van der Waals surface area contributed by atoms with Gasteiger partial charge in [-0.05, 0) is 50.7 Å². The molecule has 5 rings (SSSR count). The summed E-state index contributed by atoms with van der Waals surface area (Å²) in [6.07, 6.45) is 6.23. The smallest absolute Gasteiger partial charge is 0.138 e. The molecule has 0 amide bonds. The lowest BCUT2D eigenvalue weighted by Crippen LogP contribution is -2.45. The van der Waals surface area contributed by atoms with Crippen LogP contribution in [0.5, 0.6) is 0 Å². The Balaban J connectivity index is 1.48. The lowest BCUT2D eigenvalue weighted by Gasteiger charge is -2.34. The molecule has 0 aromatic carbocycles. The van der Waals surface area contributed by atoms with Gasteiger partial charge < -0.3 is 9.80 Å². The van der Waals surface area contributed by atoms with E-state index in [9.17, 15) is 0 Å². The Labute approximate surface area is 176 Å². The van der Waals surface area contributed by atoms with Crippen LogP contribution in [0.15, 0.2) is 42.7 Å². The van der Waals surface area contributed by atoms with Crippen molar-refractivity contribution in [3.05, 3.63) is 59.1 Å². The second-order valence-corrected chi connectivity index (χ2v) is 8.51. The number of aromatic nitrogens is 3. The van der Waals surface area contributed by atoms with E-state index in [2.05, 4.69) is 55.5 Å². The molecule has 152 valence electrons. The van der Waals surface area contributed by atoms with Crippen LogP contribution in [0.4, 0.5) is 5.82 Å². The fourth-order valence-electron chi connectivity index (χ4n) is 4.65. The monoisotopic (exact) mass is 410 g/mol. The Morgan fingerprint density at radius 3 is 2.76 bits per heavy atom. The van der Waals surface area contributed by atoms with Crippen LogP contribution in [0.2, 0.25) is 5.02 Å². The van der Waals surface area contributed by atoms with Crippen LogP contribution in [-0.4, -0.2) is 63.9 Å². The number of rotatable bonds is 4. The Morgan fingerprint density at radius 1 is 1.07 bits per heavy atom. The average molecular weight is 411 g/mol. The van der Waals surface area contributed by atoms with Crippen molar-refractivity contribution in [3.8, 4) is 0 Å². The minimum absolute atomic E-state index is 0.258. The number of fused-ring (bicyclic) bond motifs is 1. The summed E-state index contributed by atoms with van der Waals surface area (Å²) in [7, 11) is 2.19. The highest BCUT2D eigenvalue weighted by Gasteiger charge is 2.31. The normalized spacial score (nSPS) is 21.3. The molecule has 29 heavy (non-hydrogen) atoms. The number of hydrogen-bond donors (Lipinski definition) is 0. The highest BCUT2D eigenvalue weighted by Crippen LogP contribution is 2.36. The van der Waals surface area contributed by atoms with Crippen molar-refractivity contribution in [1.82, 2.24) is 24.2 Å². The topological polar surface area (TPSA) is 39.9 Å². The van der Waals surface area contributed by atoms with Crippen LogP contribution in [0, 0.1) is 0 Å². The zero-order valence-corrected chi connectivity index (χ0v) is 17.6. The van der Waals surface area contributed by atoms with Gasteiger partial charge in [-0.25, -0.2) is 4.98 Å². The van der Waals surface area contributed by atoms with Gasteiger partial charge >= 0.3 is 0 Å². The number of likely N-dealkylation sites (N-methyl/N-ethyl adjacent to an activating group) is 1. The molecular weight excluding hydrogens is 384 g/mol. The van der Waals surface area contributed by atoms with E-state index in [1.165, 1.54) is 5.82 Å². The van der Waals surface area contributed by atoms with Crippen molar-refractivity contribution in [3.63, 3.8) is 0 Å². The van der Waals surface area contributed by atoms with Gasteiger partial charge in [-0.1, -0.05) is 17.7 Å². The molecule has 0 spiro atoms. The SMILES string of the molecule is CN1CCN(c2c(CN3CCCC3c3ncccc3Cl)nc3ccccn23)CC1. The minimum Gasteiger partial charge on any atom is -0.354 e.